The number of carbonyl (C=O) groups excluding carboxylic acids is 1. The van der Waals surface area contributed by atoms with Crippen LogP contribution in [0.3, 0.4) is 0 Å². The summed E-state index contributed by atoms with van der Waals surface area (Å²) in [5.74, 6) is -2.74. The van der Waals surface area contributed by atoms with Gasteiger partial charge in [-0.3, -0.25) is 9.69 Å². The van der Waals surface area contributed by atoms with E-state index in [0.717, 1.165) is 19.6 Å². The zero-order valence-electron chi connectivity index (χ0n) is 30.8. The summed E-state index contributed by atoms with van der Waals surface area (Å²) in [4.78, 5) is 40.6. The van der Waals surface area contributed by atoms with Crippen molar-refractivity contribution in [3.8, 4) is 27.7 Å². The minimum absolute atomic E-state index is 0.0573. The summed E-state index contributed by atoms with van der Waals surface area (Å²) in [5, 5.41) is 80.9. The van der Waals surface area contributed by atoms with Gasteiger partial charge in [0.25, 0.3) is 0 Å². The van der Waals surface area contributed by atoms with Gasteiger partial charge in [-0.05, 0) is 98.2 Å². The number of carboxylic acids is 2. The number of aliphatic carboxylic acids is 2. The number of aliphatic hydroxyl groups excluding tert-OH is 6. The Morgan fingerprint density at radius 1 is 0.655 bits per heavy atom. The first-order valence-electron chi connectivity index (χ1n) is 18.7. The van der Waals surface area contributed by atoms with E-state index in [1.807, 2.05) is 0 Å². The Labute approximate surface area is 334 Å². The molecule has 0 unspecified atom stereocenters. The first kappa shape index (κ1) is 41.4. The zero-order valence-corrected chi connectivity index (χ0v) is 31.6. The molecule has 3 aliphatic rings. The monoisotopic (exact) mass is 825 g/mol. The van der Waals surface area contributed by atoms with Crippen molar-refractivity contribution in [1.82, 2.24) is 4.90 Å². The molecule has 58 heavy (non-hydrogen) atoms. The van der Waals surface area contributed by atoms with Crippen molar-refractivity contribution >= 4 is 39.1 Å². The Morgan fingerprint density at radius 3 is 1.76 bits per heavy atom. The van der Waals surface area contributed by atoms with Crippen LogP contribution >= 0.6 is 11.3 Å². The molecule has 4 heterocycles. The van der Waals surface area contributed by atoms with Crippen LogP contribution in [-0.2, 0) is 19.1 Å². The normalized spacial score (nSPS) is 29.1. The van der Waals surface area contributed by atoms with Crippen LogP contribution in [0.1, 0.15) is 35.2 Å². The second-order valence-electron chi connectivity index (χ2n) is 14.3. The van der Waals surface area contributed by atoms with Crippen LogP contribution in [0, 0.1) is 0 Å². The van der Waals surface area contributed by atoms with Crippen molar-refractivity contribution in [3.05, 3.63) is 77.9 Å². The molecule has 8 N–H and O–H groups in total. The summed E-state index contributed by atoms with van der Waals surface area (Å²) in [6, 6.07) is 17.6. The zero-order chi connectivity index (χ0) is 41.2. The number of ether oxygens (including phenoxy) is 5. The number of benzene rings is 3. The molecule has 3 saturated heterocycles. The third kappa shape index (κ3) is 8.67. The van der Waals surface area contributed by atoms with Crippen LogP contribution in [-0.4, -0.2) is 151 Å². The molecule has 7 rings (SSSR count). The van der Waals surface area contributed by atoms with Crippen molar-refractivity contribution < 1.29 is 78.9 Å². The number of hydrogen-bond acceptors (Lipinski definition) is 16. The van der Waals surface area contributed by atoms with Gasteiger partial charge in [-0.2, -0.15) is 0 Å². The predicted molar refractivity (Wildman–Crippen MR) is 203 cm³/mol. The first-order chi connectivity index (χ1) is 27.8. The van der Waals surface area contributed by atoms with Crippen LogP contribution in [0.2, 0.25) is 0 Å². The van der Waals surface area contributed by atoms with Crippen molar-refractivity contribution in [1.29, 1.82) is 0 Å². The van der Waals surface area contributed by atoms with Gasteiger partial charge in [-0.25, -0.2) is 9.59 Å². The van der Waals surface area contributed by atoms with Gasteiger partial charge in [0.15, 0.2) is 18.0 Å². The van der Waals surface area contributed by atoms with Crippen LogP contribution in [0.15, 0.2) is 66.7 Å². The van der Waals surface area contributed by atoms with E-state index in [1.54, 1.807) is 42.5 Å². The Balaban J connectivity index is 1.17. The van der Waals surface area contributed by atoms with Crippen molar-refractivity contribution in [2.75, 3.05) is 26.2 Å². The fourth-order valence-electron chi connectivity index (χ4n) is 7.15. The Morgan fingerprint density at radius 2 is 1.19 bits per heavy atom. The summed E-state index contributed by atoms with van der Waals surface area (Å²) < 4.78 is 28.6. The van der Waals surface area contributed by atoms with E-state index < -0.39 is 73.4 Å². The molecular formula is C40H43NO16S. The fraction of sp³-hybridized carbons (Fsp3) is 0.425. The molecule has 0 amide bonds. The van der Waals surface area contributed by atoms with E-state index in [9.17, 15) is 55.2 Å². The molecule has 3 aromatic carbocycles. The molecule has 3 aliphatic heterocycles. The van der Waals surface area contributed by atoms with Crippen molar-refractivity contribution in [2.45, 2.75) is 80.7 Å². The van der Waals surface area contributed by atoms with Crippen molar-refractivity contribution in [2.24, 2.45) is 0 Å². The van der Waals surface area contributed by atoms with Gasteiger partial charge in [0.2, 0.25) is 12.6 Å². The van der Waals surface area contributed by atoms with E-state index in [1.165, 1.54) is 54.9 Å². The molecule has 3 fully saturated rings. The van der Waals surface area contributed by atoms with Crippen LogP contribution < -0.4 is 14.2 Å². The van der Waals surface area contributed by atoms with E-state index in [0.29, 0.717) is 38.4 Å². The molecule has 0 radical (unpaired) electrons. The maximum absolute atomic E-state index is 14.5. The average molecular weight is 826 g/mol. The molecule has 17 nitrogen and oxygen atoms in total. The van der Waals surface area contributed by atoms with Gasteiger partial charge in [0.05, 0.1) is 0 Å². The number of ketones is 1. The number of thiophene rings is 1. The summed E-state index contributed by atoms with van der Waals surface area (Å²) in [6.45, 7) is 3.37. The molecule has 0 saturated carbocycles. The molecule has 10 atom stereocenters. The van der Waals surface area contributed by atoms with Gasteiger partial charge in [0.1, 0.15) is 60.5 Å². The lowest BCUT2D eigenvalue weighted by Crippen LogP contribution is -2.61. The maximum atomic E-state index is 14.5. The summed E-state index contributed by atoms with van der Waals surface area (Å²) in [5.41, 5.74) is 1.14. The summed E-state index contributed by atoms with van der Waals surface area (Å²) in [6.07, 6.45) is -14.6. The third-order valence-corrected chi connectivity index (χ3v) is 11.6. The minimum Gasteiger partial charge on any atom is -0.492 e. The smallest absolute Gasteiger partial charge is 0.335 e. The number of piperidine rings is 1. The predicted octanol–water partition coefficient (Wildman–Crippen LogP) is 1.21. The average Bonchev–Trinajstić information content (AvgIpc) is 3.60. The van der Waals surface area contributed by atoms with E-state index >= 15 is 0 Å². The Hall–Kier alpha value is -4.73. The maximum Gasteiger partial charge on any atom is 0.335 e. The van der Waals surface area contributed by atoms with Gasteiger partial charge in [0, 0.05) is 32.6 Å². The third-order valence-electron chi connectivity index (χ3n) is 10.4. The van der Waals surface area contributed by atoms with E-state index in [-0.39, 0.29) is 22.8 Å². The van der Waals surface area contributed by atoms with Crippen LogP contribution in [0.5, 0.6) is 17.2 Å². The van der Waals surface area contributed by atoms with Gasteiger partial charge >= 0.3 is 11.9 Å². The number of rotatable bonds is 13. The van der Waals surface area contributed by atoms with Gasteiger partial charge in [-0.15, -0.1) is 11.3 Å². The highest BCUT2D eigenvalue weighted by Crippen LogP contribution is 2.42. The largest absolute Gasteiger partial charge is 0.492 e. The SMILES string of the molecule is O=C(c1ccc(OCCN2CCCCC2)cc1)c1c(-c2ccc(O[C@@H]3O[C@H](C(=O)O)[C@@H](O)[C@H](O)[C@H]3O)cc2)sc2ccc(O[C@@H]3O[C@H](C(=O)O)[C@@H](O)[C@H](O)[C@H]3O)cc12. The number of aliphatic hydroxyl groups is 6. The van der Waals surface area contributed by atoms with Crippen LogP contribution in [0.25, 0.3) is 20.5 Å². The lowest BCUT2D eigenvalue weighted by Gasteiger charge is -2.38. The number of carboxylic acid groups (broad SMARTS) is 2. The van der Waals surface area contributed by atoms with Crippen LogP contribution in [0.4, 0.5) is 0 Å². The number of nitrogens with zero attached hydrogens (tertiary/aromatic N) is 1. The van der Waals surface area contributed by atoms with E-state index in [4.69, 9.17) is 23.7 Å². The molecule has 0 bridgehead atoms. The lowest BCUT2D eigenvalue weighted by atomic mass is 9.97. The molecule has 310 valence electrons. The number of likely N-dealkylation sites (tertiary alicyclic amines) is 1. The Kier molecular flexibility index (Phi) is 12.6. The summed E-state index contributed by atoms with van der Waals surface area (Å²) >= 11 is 1.27. The molecule has 0 spiro atoms. The summed E-state index contributed by atoms with van der Waals surface area (Å²) in [7, 11) is 0. The quantitative estimate of drug-likeness (QED) is 0.0881. The van der Waals surface area contributed by atoms with Gasteiger partial charge < -0.3 is 64.5 Å². The number of carbonyl (C=O) groups is 3. The lowest BCUT2D eigenvalue weighted by molar-refractivity contribution is -0.271. The molecule has 1 aromatic heterocycles. The molecular weight excluding hydrogens is 782 g/mol. The second-order valence-corrected chi connectivity index (χ2v) is 15.4. The molecule has 4 aromatic rings. The topological polar surface area (TPSA) is 262 Å². The highest BCUT2D eigenvalue weighted by molar-refractivity contribution is 7.22. The Bertz CT molecular complexity index is 2090. The van der Waals surface area contributed by atoms with Gasteiger partial charge in [-0.1, -0.05) is 6.42 Å². The van der Waals surface area contributed by atoms with E-state index in [2.05, 4.69) is 4.90 Å². The second kappa shape index (κ2) is 17.6. The number of hydrogen-bond donors (Lipinski definition) is 8. The first-order valence-corrected chi connectivity index (χ1v) is 19.5. The highest BCUT2D eigenvalue weighted by Gasteiger charge is 2.49. The minimum atomic E-state index is -1.91. The molecule has 0 aliphatic carbocycles. The number of fused-ring (bicyclic) bond motifs is 1. The highest BCUT2D eigenvalue weighted by atomic mass is 32.1. The van der Waals surface area contributed by atoms with Crippen molar-refractivity contribution in [3.63, 3.8) is 0 Å². The fourth-order valence-corrected chi connectivity index (χ4v) is 8.34. The molecule has 18 heteroatoms. The standard InChI is InChI=1S/C40H43NO16S/c42-27(19-4-8-21(9-5-19)53-17-16-41-14-2-1-3-15-41)26-24-18-23(55-40-33(48)29(44)31(46)35(57-40)38(51)52)12-13-25(24)58-36(26)20-6-10-22(11-7-20)54-39-32(47)28(43)30(45)34(56-39)37(49)50/h4-13,18,28-35,39-40,43-48H,1-3,14-17H2,(H,49,50)(H,51,52)/t28-,29-,30-,31-,32+,33+,34-,35-,39+,40+/m0/s1.